The Kier molecular flexibility index (Phi) is 7.58. The Labute approximate surface area is 183 Å². The number of imidazole rings is 1. The highest BCUT2D eigenvalue weighted by atomic mass is 32.1. The number of nitrogens with zero attached hydrogens (tertiary/aromatic N) is 2. The first-order valence-corrected chi connectivity index (χ1v) is 11.4. The Morgan fingerprint density at radius 3 is 2.57 bits per heavy atom. The van der Waals surface area contributed by atoms with E-state index in [1.165, 1.54) is 16.0 Å². The Bertz CT molecular complexity index is 1020. The molecule has 0 radical (unpaired) electrons. The van der Waals surface area contributed by atoms with Crippen molar-refractivity contribution in [2.24, 2.45) is 0 Å². The van der Waals surface area contributed by atoms with Crippen LogP contribution in [0, 0.1) is 0 Å². The lowest BCUT2D eigenvalue weighted by Crippen LogP contribution is -2.08. The van der Waals surface area contributed by atoms with Crippen LogP contribution in [-0.2, 0) is 19.4 Å². The van der Waals surface area contributed by atoms with Crippen LogP contribution in [0.3, 0.4) is 0 Å². The highest BCUT2D eigenvalue weighted by molar-refractivity contribution is 7.09. The molecule has 2 aromatic heterocycles. The van der Waals surface area contributed by atoms with Gasteiger partial charge in [-0.25, -0.2) is 4.98 Å². The number of hydrogen-bond acceptors (Lipinski definition) is 3. The van der Waals surface area contributed by atoms with E-state index in [0.29, 0.717) is 0 Å². The van der Waals surface area contributed by atoms with Gasteiger partial charge in [-0.15, -0.1) is 11.3 Å². The van der Waals surface area contributed by atoms with Gasteiger partial charge in [0.2, 0.25) is 0 Å². The average molecular weight is 419 g/mol. The summed E-state index contributed by atoms with van der Waals surface area (Å²) < 4.78 is 2.30. The molecule has 0 unspecified atom stereocenters. The number of benzene rings is 1. The van der Waals surface area contributed by atoms with E-state index < -0.39 is 0 Å². The van der Waals surface area contributed by atoms with Gasteiger partial charge < -0.3 is 4.57 Å². The quantitative estimate of drug-likeness (QED) is 0.270. The van der Waals surface area contributed by atoms with Gasteiger partial charge in [0.1, 0.15) is 5.82 Å². The van der Waals surface area contributed by atoms with E-state index in [4.69, 9.17) is 4.98 Å². The van der Waals surface area contributed by atoms with Crippen LogP contribution in [0.15, 0.2) is 65.7 Å². The van der Waals surface area contributed by atoms with Crippen molar-refractivity contribution in [3.8, 4) is 0 Å². The molecule has 0 N–H and O–H groups in total. The zero-order valence-electron chi connectivity index (χ0n) is 18.1. The number of aryl methyl sites for hydroxylation is 1. The monoisotopic (exact) mass is 418 g/mol. The maximum Gasteiger partial charge on any atom is 0.159 e. The smallest absolute Gasteiger partial charge is 0.159 e. The molecule has 1 aromatic carbocycles. The van der Waals surface area contributed by atoms with Gasteiger partial charge in [-0.1, -0.05) is 55.8 Å². The third-order valence-electron chi connectivity index (χ3n) is 5.24. The summed E-state index contributed by atoms with van der Waals surface area (Å²) in [6, 6.07) is 12.2. The molecule has 3 rings (SSSR count). The van der Waals surface area contributed by atoms with Gasteiger partial charge in [0.25, 0.3) is 0 Å². The van der Waals surface area contributed by atoms with Crippen LogP contribution in [0.25, 0.3) is 6.08 Å². The number of unbranched alkanes of at least 4 members (excludes halogenated alkanes) is 1. The van der Waals surface area contributed by atoms with E-state index in [-0.39, 0.29) is 5.78 Å². The highest BCUT2D eigenvalue weighted by Crippen LogP contribution is 2.23. The minimum Gasteiger partial charge on any atom is -0.324 e. The van der Waals surface area contributed by atoms with Crippen molar-refractivity contribution in [3.05, 3.63) is 93.2 Å². The molecule has 0 amide bonds. The maximum absolute atomic E-state index is 11.6. The van der Waals surface area contributed by atoms with Gasteiger partial charge in [0.05, 0.1) is 11.9 Å². The highest BCUT2D eigenvalue weighted by Gasteiger charge is 2.11. The number of allylic oxidation sites excluding steroid dienone is 2. The second-order valence-corrected chi connectivity index (χ2v) is 8.78. The predicted molar refractivity (Wildman–Crippen MR) is 127 cm³/mol. The molecule has 4 heteroatoms. The lowest BCUT2D eigenvalue weighted by Gasteiger charge is -2.13. The number of carbonyl (C=O) groups excluding carboxylic acids is 1. The van der Waals surface area contributed by atoms with E-state index in [9.17, 15) is 4.79 Å². The van der Waals surface area contributed by atoms with Crippen molar-refractivity contribution < 1.29 is 4.79 Å². The molecule has 0 saturated carbocycles. The third kappa shape index (κ3) is 5.67. The molecule has 3 nitrogen and oxygen atoms in total. The van der Waals surface area contributed by atoms with E-state index in [0.717, 1.165) is 54.9 Å². The summed E-state index contributed by atoms with van der Waals surface area (Å²) >= 11 is 1.77. The van der Waals surface area contributed by atoms with Crippen LogP contribution in [0.1, 0.15) is 65.9 Å². The Hall–Kier alpha value is -2.72. The van der Waals surface area contributed by atoms with Crippen LogP contribution in [0.2, 0.25) is 0 Å². The first-order valence-electron chi connectivity index (χ1n) is 10.5. The minimum absolute atomic E-state index is 0.0936. The van der Waals surface area contributed by atoms with E-state index in [2.05, 4.69) is 48.6 Å². The maximum atomic E-state index is 11.6. The fourth-order valence-electron chi connectivity index (χ4n) is 3.39. The molecule has 0 aliphatic heterocycles. The van der Waals surface area contributed by atoms with Crippen LogP contribution >= 0.6 is 11.3 Å². The van der Waals surface area contributed by atoms with Crippen LogP contribution in [-0.4, -0.2) is 15.3 Å². The number of carbonyl (C=O) groups is 1. The summed E-state index contributed by atoms with van der Waals surface area (Å²) in [6.45, 7) is 10.8. The average Bonchev–Trinajstić information content (AvgIpc) is 3.37. The van der Waals surface area contributed by atoms with Gasteiger partial charge in [-0.05, 0) is 48.9 Å². The number of ketones is 1. The van der Waals surface area contributed by atoms with Gasteiger partial charge in [-0.2, -0.15) is 0 Å². The molecule has 0 spiro atoms. The van der Waals surface area contributed by atoms with Crippen LogP contribution in [0.5, 0.6) is 0 Å². The summed E-state index contributed by atoms with van der Waals surface area (Å²) in [5.41, 5.74) is 5.33. The normalized spacial score (nSPS) is 11.6. The number of hydrogen-bond donors (Lipinski definition) is 0. The van der Waals surface area contributed by atoms with Gasteiger partial charge in [0.15, 0.2) is 5.78 Å². The number of Topliss-reactive ketones (excluding diaryl/α,β-unsaturated/α-hetero) is 1. The molecule has 0 fully saturated rings. The van der Waals surface area contributed by atoms with Crippen molar-refractivity contribution in [2.75, 3.05) is 0 Å². The molecule has 2 heterocycles. The van der Waals surface area contributed by atoms with Crippen molar-refractivity contribution in [2.45, 2.75) is 53.0 Å². The van der Waals surface area contributed by atoms with E-state index in [1.54, 1.807) is 18.3 Å². The van der Waals surface area contributed by atoms with Gasteiger partial charge >= 0.3 is 0 Å². The molecule has 3 aromatic rings. The van der Waals surface area contributed by atoms with E-state index in [1.807, 2.05) is 30.5 Å². The Balaban J connectivity index is 1.94. The van der Waals surface area contributed by atoms with Crippen molar-refractivity contribution in [3.63, 3.8) is 0 Å². The van der Waals surface area contributed by atoms with Crippen molar-refractivity contribution >= 4 is 23.2 Å². The molecule has 156 valence electrons. The molecule has 0 bridgehead atoms. The summed E-state index contributed by atoms with van der Waals surface area (Å²) in [7, 11) is 0. The molecule has 0 aliphatic rings. The second kappa shape index (κ2) is 10.4. The topological polar surface area (TPSA) is 34.9 Å². The minimum atomic E-state index is 0.0936. The first kappa shape index (κ1) is 22.0. The van der Waals surface area contributed by atoms with Crippen molar-refractivity contribution in [1.82, 2.24) is 9.55 Å². The number of rotatable bonds is 10. The van der Waals surface area contributed by atoms with Crippen molar-refractivity contribution in [1.29, 1.82) is 0 Å². The number of thiophene rings is 1. The molecule has 0 saturated heterocycles. The summed E-state index contributed by atoms with van der Waals surface area (Å²) in [5, 5.41) is 2.11. The number of aromatic nitrogens is 2. The van der Waals surface area contributed by atoms with Gasteiger partial charge in [0, 0.05) is 29.8 Å². The van der Waals surface area contributed by atoms with Gasteiger partial charge in [-0.3, -0.25) is 4.79 Å². The first-order chi connectivity index (χ1) is 14.5. The SMILES string of the molecule is C=C(C)/C(=C/c1cnc(CCCC)n1Cc1ccc(C(C)=O)cc1)Cc1cccs1. The standard InChI is InChI=1S/C26H30N2OS/c1-5-6-9-26-27-17-24(15-23(19(2)3)16-25-8-7-14-30-25)28(26)18-21-10-12-22(13-11-21)20(4)29/h7-8,10-15,17H,2,5-6,9,16,18H2,1,3-4H3/b23-15+. The molecular weight excluding hydrogens is 388 g/mol. The third-order valence-corrected chi connectivity index (χ3v) is 6.12. The lowest BCUT2D eigenvalue weighted by atomic mass is 10.0. The zero-order valence-corrected chi connectivity index (χ0v) is 19.0. The lowest BCUT2D eigenvalue weighted by molar-refractivity contribution is 0.101. The molecule has 30 heavy (non-hydrogen) atoms. The Morgan fingerprint density at radius 1 is 1.20 bits per heavy atom. The van der Waals surface area contributed by atoms with E-state index >= 15 is 0 Å². The summed E-state index contributed by atoms with van der Waals surface area (Å²) in [4.78, 5) is 17.7. The largest absolute Gasteiger partial charge is 0.324 e. The fourth-order valence-corrected chi connectivity index (χ4v) is 4.12. The summed E-state index contributed by atoms with van der Waals surface area (Å²) in [6.07, 6.45) is 8.31. The zero-order chi connectivity index (χ0) is 21.5. The molecule has 0 aliphatic carbocycles. The second-order valence-electron chi connectivity index (χ2n) is 7.75. The Morgan fingerprint density at radius 2 is 1.97 bits per heavy atom. The molecule has 0 atom stereocenters. The summed E-state index contributed by atoms with van der Waals surface area (Å²) in [5.74, 6) is 1.20. The fraction of sp³-hybridized carbons (Fsp3) is 0.308. The van der Waals surface area contributed by atoms with Crippen LogP contribution < -0.4 is 0 Å². The van der Waals surface area contributed by atoms with Crippen LogP contribution in [0.4, 0.5) is 0 Å². The predicted octanol–water partition coefficient (Wildman–Crippen LogP) is 6.74. The molecular formula is C26H30N2OS.